The van der Waals surface area contributed by atoms with Gasteiger partial charge in [0.25, 0.3) is 11.5 Å². The molecular weight excluding hydrogens is 397 g/mol. The van der Waals surface area contributed by atoms with Crippen molar-refractivity contribution in [2.75, 3.05) is 20.1 Å². The Balaban J connectivity index is 1.49. The molecule has 0 aliphatic carbocycles. The van der Waals surface area contributed by atoms with Crippen LogP contribution < -0.4 is 10.9 Å². The number of rotatable bonds is 5. The number of aromatic amines is 1. The van der Waals surface area contributed by atoms with E-state index in [1.165, 1.54) is 0 Å². The van der Waals surface area contributed by atoms with E-state index in [1.807, 2.05) is 13.0 Å². The van der Waals surface area contributed by atoms with E-state index in [0.717, 1.165) is 24.1 Å². The van der Waals surface area contributed by atoms with Crippen molar-refractivity contribution in [1.29, 1.82) is 0 Å². The highest BCUT2D eigenvalue weighted by atomic mass is 19.1. The number of hydrogen-bond acceptors (Lipinski definition) is 5. The van der Waals surface area contributed by atoms with Gasteiger partial charge in [0.15, 0.2) is 5.82 Å². The number of benzene rings is 1. The van der Waals surface area contributed by atoms with E-state index in [2.05, 4.69) is 31.2 Å². The number of nitrogens with one attached hydrogen (secondary N) is 2. The average Bonchev–Trinajstić information content (AvgIpc) is 2.81. The molecule has 2 aromatic heterocycles. The summed E-state index contributed by atoms with van der Waals surface area (Å²) in [7, 11) is 1.57. The number of aromatic nitrogens is 3. The number of nitrogens with zero attached hydrogens (tertiary/aromatic N) is 3. The summed E-state index contributed by atoms with van der Waals surface area (Å²) in [4.78, 5) is 36.9. The molecule has 0 unspecified atom stereocenters. The third-order valence-electron chi connectivity index (χ3n) is 5.57. The molecule has 0 bridgehead atoms. The molecule has 0 fully saturated rings. The Bertz CT molecular complexity index is 1220. The first-order chi connectivity index (χ1) is 15.0. The summed E-state index contributed by atoms with van der Waals surface area (Å²) in [6, 6.07) is 7.11. The lowest BCUT2D eigenvalue weighted by atomic mass is 10.0. The molecule has 31 heavy (non-hydrogen) atoms. The van der Waals surface area contributed by atoms with Gasteiger partial charge in [0.05, 0.1) is 5.52 Å². The minimum absolute atomic E-state index is 0.162. The van der Waals surface area contributed by atoms with Gasteiger partial charge in [-0.05, 0) is 36.1 Å². The molecule has 0 atom stereocenters. The van der Waals surface area contributed by atoms with Crippen molar-refractivity contribution in [3.05, 3.63) is 75.2 Å². The van der Waals surface area contributed by atoms with Gasteiger partial charge in [-0.15, -0.1) is 0 Å². The molecule has 160 valence electrons. The second-order valence-corrected chi connectivity index (χ2v) is 7.52. The van der Waals surface area contributed by atoms with Crippen molar-refractivity contribution < 1.29 is 9.18 Å². The lowest BCUT2D eigenvalue weighted by Gasteiger charge is -2.26. The zero-order chi connectivity index (χ0) is 22.0. The summed E-state index contributed by atoms with van der Waals surface area (Å²) in [5, 5.41) is 2.56. The van der Waals surface area contributed by atoms with Crippen LogP contribution in [0.25, 0.3) is 16.6 Å². The van der Waals surface area contributed by atoms with E-state index in [-0.39, 0.29) is 17.0 Å². The number of amides is 1. The molecule has 0 saturated heterocycles. The first-order valence-corrected chi connectivity index (χ1v) is 10.3. The fourth-order valence-electron chi connectivity index (χ4n) is 3.77. The van der Waals surface area contributed by atoms with E-state index in [4.69, 9.17) is 0 Å². The fourth-order valence-corrected chi connectivity index (χ4v) is 3.77. The molecule has 1 aromatic carbocycles. The molecule has 1 amide bonds. The number of fused-ring (bicyclic) bond motifs is 1. The van der Waals surface area contributed by atoms with Crippen LogP contribution in [0.15, 0.2) is 41.3 Å². The molecule has 2 N–H and O–H groups in total. The molecule has 0 saturated carbocycles. The molecule has 7 nitrogen and oxygen atoms in total. The lowest BCUT2D eigenvalue weighted by molar-refractivity contribution is 0.0958. The molecule has 0 spiro atoms. The van der Waals surface area contributed by atoms with E-state index >= 15 is 4.39 Å². The van der Waals surface area contributed by atoms with Crippen LogP contribution in [0.4, 0.5) is 4.39 Å². The van der Waals surface area contributed by atoms with Gasteiger partial charge in [0.1, 0.15) is 16.9 Å². The SMILES string of the molecule is CCc1nc2ccc(CN3CC=C(c4ccc(C(=O)NC)nc4)CC3)c(F)c2[nH]c1=O. The van der Waals surface area contributed by atoms with Crippen LogP contribution in [0, 0.1) is 5.82 Å². The van der Waals surface area contributed by atoms with Crippen LogP contribution in [0.1, 0.15) is 40.7 Å². The summed E-state index contributed by atoms with van der Waals surface area (Å²) in [6.07, 6.45) is 5.12. The molecule has 8 heteroatoms. The van der Waals surface area contributed by atoms with E-state index in [1.54, 1.807) is 31.4 Å². The number of halogens is 1. The average molecular weight is 421 g/mol. The second-order valence-electron chi connectivity index (χ2n) is 7.52. The van der Waals surface area contributed by atoms with Crippen LogP contribution >= 0.6 is 0 Å². The maximum Gasteiger partial charge on any atom is 0.270 e. The number of aryl methyl sites for hydroxylation is 1. The standard InChI is InChI=1S/C23H24FN5O2/c1-3-17-23(31)28-21-18(27-17)6-5-16(20(21)24)13-29-10-8-14(9-11-29)15-4-7-19(26-12-15)22(30)25-2/h4-8,12H,3,9-11,13H2,1-2H3,(H,25,30)(H,28,31). The largest absolute Gasteiger partial charge is 0.354 e. The Morgan fingerprint density at radius 3 is 2.77 bits per heavy atom. The lowest BCUT2D eigenvalue weighted by Crippen LogP contribution is -2.28. The highest BCUT2D eigenvalue weighted by Crippen LogP contribution is 2.24. The fraction of sp³-hybridized carbons (Fsp3) is 0.304. The maximum absolute atomic E-state index is 15.0. The number of carbonyl (C=O) groups excluding carboxylic acids is 1. The summed E-state index contributed by atoms with van der Waals surface area (Å²) < 4.78 is 15.0. The number of carbonyl (C=O) groups is 1. The number of pyridine rings is 1. The summed E-state index contributed by atoms with van der Waals surface area (Å²) in [5.41, 5.74) is 3.75. The molecule has 3 aromatic rings. The van der Waals surface area contributed by atoms with Gasteiger partial charge < -0.3 is 10.3 Å². The molecule has 0 radical (unpaired) electrons. The third kappa shape index (κ3) is 4.25. The van der Waals surface area contributed by atoms with Crippen molar-refractivity contribution in [2.24, 2.45) is 0 Å². The van der Waals surface area contributed by atoms with E-state index in [0.29, 0.717) is 42.0 Å². The van der Waals surface area contributed by atoms with Gasteiger partial charge in [-0.25, -0.2) is 9.37 Å². The van der Waals surface area contributed by atoms with Crippen molar-refractivity contribution in [1.82, 2.24) is 25.2 Å². The third-order valence-corrected chi connectivity index (χ3v) is 5.57. The van der Waals surface area contributed by atoms with Gasteiger partial charge in [-0.1, -0.05) is 25.1 Å². The van der Waals surface area contributed by atoms with Crippen LogP contribution in [-0.4, -0.2) is 45.9 Å². The van der Waals surface area contributed by atoms with Crippen molar-refractivity contribution in [3.8, 4) is 0 Å². The summed E-state index contributed by atoms with van der Waals surface area (Å²) in [6.45, 7) is 3.73. The van der Waals surface area contributed by atoms with Crippen LogP contribution in [0.2, 0.25) is 0 Å². The molecule has 3 heterocycles. The predicted octanol–water partition coefficient (Wildman–Crippen LogP) is 2.67. The quantitative estimate of drug-likeness (QED) is 0.661. The Kier molecular flexibility index (Phi) is 5.90. The molecule has 1 aliphatic heterocycles. The number of hydrogen-bond donors (Lipinski definition) is 2. The monoisotopic (exact) mass is 421 g/mol. The topological polar surface area (TPSA) is 91.0 Å². The highest BCUT2D eigenvalue weighted by Gasteiger charge is 2.17. The molecule has 4 rings (SSSR count). The van der Waals surface area contributed by atoms with Crippen molar-refractivity contribution >= 4 is 22.5 Å². The molecule has 1 aliphatic rings. The van der Waals surface area contributed by atoms with E-state index < -0.39 is 5.82 Å². The Morgan fingerprint density at radius 2 is 2.13 bits per heavy atom. The zero-order valence-electron chi connectivity index (χ0n) is 17.5. The van der Waals surface area contributed by atoms with Crippen LogP contribution in [-0.2, 0) is 13.0 Å². The van der Waals surface area contributed by atoms with Gasteiger partial charge in [-0.2, -0.15) is 0 Å². The zero-order valence-corrected chi connectivity index (χ0v) is 17.5. The second kappa shape index (κ2) is 8.77. The normalized spacial score (nSPS) is 14.5. The van der Waals surface area contributed by atoms with Crippen LogP contribution in [0.5, 0.6) is 0 Å². The highest BCUT2D eigenvalue weighted by molar-refractivity contribution is 5.92. The van der Waals surface area contributed by atoms with Crippen molar-refractivity contribution in [2.45, 2.75) is 26.3 Å². The first kappa shape index (κ1) is 20.9. The van der Waals surface area contributed by atoms with Gasteiger partial charge in [0, 0.05) is 38.4 Å². The molecular formula is C23H24FN5O2. The smallest absolute Gasteiger partial charge is 0.270 e. The van der Waals surface area contributed by atoms with Crippen LogP contribution in [0.3, 0.4) is 0 Å². The van der Waals surface area contributed by atoms with E-state index in [9.17, 15) is 9.59 Å². The van der Waals surface area contributed by atoms with Crippen molar-refractivity contribution in [3.63, 3.8) is 0 Å². The summed E-state index contributed by atoms with van der Waals surface area (Å²) >= 11 is 0. The number of H-pyrrole nitrogens is 1. The Labute approximate surface area is 179 Å². The Hall–Kier alpha value is -3.39. The van der Waals surface area contributed by atoms with Gasteiger partial charge >= 0.3 is 0 Å². The minimum atomic E-state index is -0.423. The predicted molar refractivity (Wildman–Crippen MR) is 117 cm³/mol. The Morgan fingerprint density at radius 1 is 1.29 bits per heavy atom. The van der Waals surface area contributed by atoms with Gasteiger partial charge in [-0.3, -0.25) is 19.5 Å². The minimum Gasteiger partial charge on any atom is -0.354 e. The first-order valence-electron chi connectivity index (χ1n) is 10.3. The summed E-state index contributed by atoms with van der Waals surface area (Å²) in [5.74, 6) is -0.635. The van der Waals surface area contributed by atoms with Gasteiger partial charge in [0.2, 0.25) is 0 Å². The maximum atomic E-state index is 15.0.